The van der Waals surface area contributed by atoms with Crippen molar-refractivity contribution >= 4 is 28.1 Å². The molecule has 0 radical (unpaired) electrons. The molecule has 0 aliphatic heterocycles. The number of carbonyl (C=O) groups excluding carboxylic acids is 1. The Hall–Kier alpha value is -2.07. The second kappa shape index (κ2) is 4.90. The summed E-state index contributed by atoms with van der Waals surface area (Å²) < 4.78 is 0. The minimum atomic E-state index is -0.0380. The topological polar surface area (TPSA) is 44.9 Å². The molecule has 19 heavy (non-hydrogen) atoms. The van der Waals surface area contributed by atoms with Crippen molar-refractivity contribution in [1.29, 1.82) is 0 Å². The smallest absolute Gasteiger partial charge is 0.251 e. The maximum atomic E-state index is 12.2. The van der Waals surface area contributed by atoms with E-state index >= 15 is 0 Å². The van der Waals surface area contributed by atoms with E-state index in [1.165, 1.54) is 0 Å². The van der Waals surface area contributed by atoms with Gasteiger partial charge in [-0.2, -0.15) is 0 Å². The van der Waals surface area contributed by atoms with Crippen LogP contribution in [0.15, 0.2) is 48.0 Å². The number of benzene rings is 1. The molecule has 3 aromatic rings. The van der Waals surface area contributed by atoms with Gasteiger partial charge < -0.3 is 10.3 Å². The first-order valence-corrected chi connectivity index (χ1v) is 7.03. The van der Waals surface area contributed by atoms with Gasteiger partial charge in [-0.15, -0.1) is 11.3 Å². The Balaban J connectivity index is 1.79. The molecule has 1 aromatic carbocycles. The van der Waals surface area contributed by atoms with Crippen LogP contribution in [0.2, 0.25) is 0 Å². The first kappa shape index (κ1) is 12.0. The van der Waals surface area contributed by atoms with E-state index in [0.717, 1.165) is 15.8 Å². The highest BCUT2D eigenvalue weighted by Gasteiger charge is 2.12. The normalized spacial score (nSPS) is 12.5. The average molecular weight is 270 g/mol. The van der Waals surface area contributed by atoms with Gasteiger partial charge in [0.15, 0.2) is 0 Å². The molecule has 4 heteroatoms. The molecule has 1 unspecified atom stereocenters. The van der Waals surface area contributed by atoms with Gasteiger partial charge in [0.05, 0.1) is 6.04 Å². The van der Waals surface area contributed by atoms with Gasteiger partial charge in [0.2, 0.25) is 0 Å². The van der Waals surface area contributed by atoms with Crippen LogP contribution >= 0.6 is 11.3 Å². The summed E-state index contributed by atoms with van der Waals surface area (Å²) in [6.07, 6.45) is 1.88. The van der Waals surface area contributed by atoms with Crippen LogP contribution in [-0.2, 0) is 0 Å². The quantitative estimate of drug-likeness (QED) is 0.748. The number of nitrogens with one attached hydrogen (secondary N) is 2. The molecular formula is C15H14N2OS. The molecule has 0 aliphatic rings. The fourth-order valence-electron chi connectivity index (χ4n) is 2.08. The van der Waals surface area contributed by atoms with Gasteiger partial charge in [-0.25, -0.2) is 0 Å². The van der Waals surface area contributed by atoms with Crippen molar-refractivity contribution in [3.8, 4) is 0 Å². The molecule has 0 saturated carbocycles. The van der Waals surface area contributed by atoms with Crippen LogP contribution in [0, 0.1) is 0 Å². The Morgan fingerprint density at radius 1 is 1.32 bits per heavy atom. The summed E-state index contributed by atoms with van der Waals surface area (Å²) in [7, 11) is 0. The number of hydrogen-bond acceptors (Lipinski definition) is 2. The molecule has 2 N–H and O–H groups in total. The monoisotopic (exact) mass is 270 g/mol. The molecule has 0 saturated heterocycles. The molecule has 2 aromatic heterocycles. The van der Waals surface area contributed by atoms with Crippen molar-refractivity contribution in [2.75, 3.05) is 0 Å². The molecule has 3 rings (SSSR count). The highest BCUT2D eigenvalue weighted by Crippen LogP contribution is 2.19. The summed E-state index contributed by atoms with van der Waals surface area (Å²) in [6, 6.07) is 11.7. The van der Waals surface area contributed by atoms with Crippen LogP contribution in [0.4, 0.5) is 0 Å². The average Bonchev–Trinajstić information content (AvgIpc) is 3.09. The van der Waals surface area contributed by atoms with E-state index in [0.29, 0.717) is 5.56 Å². The number of carbonyl (C=O) groups is 1. The standard InChI is InChI=1S/C15H14N2OS/c1-10(14-3-2-8-19-14)17-15(18)12-4-5-13-11(9-12)6-7-16-13/h2-10,16H,1H3,(H,17,18). The molecule has 96 valence electrons. The lowest BCUT2D eigenvalue weighted by Gasteiger charge is -2.12. The van der Waals surface area contributed by atoms with Crippen LogP contribution < -0.4 is 5.32 Å². The number of aromatic nitrogens is 1. The number of thiophene rings is 1. The molecule has 3 nitrogen and oxygen atoms in total. The fraction of sp³-hybridized carbons (Fsp3) is 0.133. The lowest BCUT2D eigenvalue weighted by molar-refractivity contribution is 0.0940. The van der Waals surface area contributed by atoms with E-state index in [1.54, 1.807) is 11.3 Å². The lowest BCUT2D eigenvalue weighted by atomic mass is 10.1. The summed E-state index contributed by atoms with van der Waals surface area (Å²) in [5, 5.41) is 6.09. The fourth-order valence-corrected chi connectivity index (χ4v) is 2.82. The highest BCUT2D eigenvalue weighted by atomic mass is 32.1. The Kier molecular flexibility index (Phi) is 3.09. The highest BCUT2D eigenvalue weighted by molar-refractivity contribution is 7.10. The van der Waals surface area contributed by atoms with Gasteiger partial charge in [0, 0.05) is 27.5 Å². The zero-order chi connectivity index (χ0) is 13.2. The number of aromatic amines is 1. The van der Waals surface area contributed by atoms with Crippen molar-refractivity contribution in [2.24, 2.45) is 0 Å². The minimum absolute atomic E-state index is 0.0365. The minimum Gasteiger partial charge on any atom is -0.361 e. The Labute approximate surface area is 115 Å². The van der Waals surface area contributed by atoms with Gasteiger partial charge >= 0.3 is 0 Å². The van der Waals surface area contributed by atoms with Crippen LogP contribution in [0.25, 0.3) is 10.9 Å². The van der Waals surface area contributed by atoms with Crippen LogP contribution in [0.1, 0.15) is 28.2 Å². The maximum absolute atomic E-state index is 12.2. The Morgan fingerprint density at radius 2 is 2.21 bits per heavy atom. The summed E-state index contributed by atoms with van der Waals surface area (Å²) in [5.74, 6) is -0.0380. The first-order valence-electron chi connectivity index (χ1n) is 6.15. The molecule has 0 aliphatic carbocycles. The molecule has 1 atom stereocenters. The lowest BCUT2D eigenvalue weighted by Crippen LogP contribution is -2.25. The third kappa shape index (κ3) is 2.39. The van der Waals surface area contributed by atoms with E-state index in [2.05, 4.69) is 10.3 Å². The predicted octanol–water partition coefficient (Wildman–Crippen LogP) is 3.72. The first-order chi connectivity index (χ1) is 9.24. The summed E-state index contributed by atoms with van der Waals surface area (Å²) in [6.45, 7) is 2.00. The SMILES string of the molecule is CC(NC(=O)c1ccc2[nH]ccc2c1)c1cccs1. The number of fused-ring (bicyclic) bond motifs is 1. The van der Waals surface area contributed by atoms with E-state index in [9.17, 15) is 4.79 Å². The zero-order valence-electron chi connectivity index (χ0n) is 10.5. The number of H-pyrrole nitrogens is 1. The van der Waals surface area contributed by atoms with Gasteiger partial charge in [-0.05, 0) is 42.6 Å². The molecular weight excluding hydrogens is 256 g/mol. The van der Waals surface area contributed by atoms with Crippen molar-refractivity contribution in [3.63, 3.8) is 0 Å². The van der Waals surface area contributed by atoms with Crippen molar-refractivity contribution in [1.82, 2.24) is 10.3 Å². The second-order valence-corrected chi connectivity index (χ2v) is 5.47. The number of amides is 1. The van der Waals surface area contributed by atoms with Crippen LogP contribution in [0.5, 0.6) is 0 Å². The third-order valence-corrected chi connectivity index (χ3v) is 4.19. The summed E-state index contributed by atoms with van der Waals surface area (Å²) in [5.41, 5.74) is 1.73. The maximum Gasteiger partial charge on any atom is 0.251 e. The van der Waals surface area contributed by atoms with E-state index in [4.69, 9.17) is 0 Å². The molecule has 0 bridgehead atoms. The van der Waals surface area contributed by atoms with E-state index in [-0.39, 0.29) is 11.9 Å². The van der Waals surface area contributed by atoms with Crippen molar-refractivity contribution < 1.29 is 4.79 Å². The Morgan fingerprint density at radius 3 is 3.00 bits per heavy atom. The number of hydrogen-bond donors (Lipinski definition) is 2. The van der Waals surface area contributed by atoms with E-state index in [1.807, 2.05) is 54.9 Å². The van der Waals surface area contributed by atoms with Crippen molar-refractivity contribution in [2.45, 2.75) is 13.0 Å². The van der Waals surface area contributed by atoms with Gasteiger partial charge in [0.1, 0.15) is 0 Å². The summed E-state index contributed by atoms with van der Waals surface area (Å²) in [4.78, 5) is 16.5. The van der Waals surface area contributed by atoms with Crippen LogP contribution in [0.3, 0.4) is 0 Å². The van der Waals surface area contributed by atoms with Gasteiger partial charge in [-0.1, -0.05) is 6.07 Å². The molecule has 2 heterocycles. The van der Waals surface area contributed by atoms with Crippen LogP contribution in [-0.4, -0.2) is 10.9 Å². The molecule has 0 fully saturated rings. The van der Waals surface area contributed by atoms with Crippen molar-refractivity contribution in [3.05, 3.63) is 58.4 Å². The Bertz CT molecular complexity index is 700. The van der Waals surface area contributed by atoms with Gasteiger partial charge in [-0.3, -0.25) is 4.79 Å². The van der Waals surface area contributed by atoms with Gasteiger partial charge in [0.25, 0.3) is 5.91 Å². The predicted molar refractivity (Wildman–Crippen MR) is 78.5 cm³/mol. The number of rotatable bonds is 3. The largest absolute Gasteiger partial charge is 0.361 e. The molecule has 0 spiro atoms. The summed E-state index contributed by atoms with van der Waals surface area (Å²) >= 11 is 1.65. The van der Waals surface area contributed by atoms with E-state index < -0.39 is 0 Å². The second-order valence-electron chi connectivity index (χ2n) is 4.49. The third-order valence-electron chi connectivity index (χ3n) is 3.13. The molecule has 1 amide bonds. The zero-order valence-corrected chi connectivity index (χ0v) is 11.3.